The lowest BCUT2D eigenvalue weighted by Gasteiger charge is -2.29. The Morgan fingerprint density at radius 1 is 1.06 bits per heavy atom. The third-order valence-corrected chi connectivity index (χ3v) is 6.26. The number of benzene rings is 2. The van der Waals surface area contributed by atoms with E-state index >= 15 is 0 Å². The van der Waals surface area contributed by atoms with E-state index in [1.807, 2.05) is 6.07 Å². The number of hydrogen-bond donors (Lipinski definition) is 2. The van der Waals surface area contributed by atoms with Gasteiger partial charge in [-0.25, -0.2) is 0 Å². The number of anilines is 1. The molecular formula is C24H23N3O5. The van der Waals surface area contributed by atoms with Crippen LogP contribution < -0.4 is 15.4 Å². The van der Waals surface area contributed by atoms with Crippen molar-refractivity contribution in [2.45, 2.75) is 50.8 Å². The van der Waals surface area contributed by atoms with E-state index in [1.165, 1.54) is 4.90 Å². The molecule has 0 aromatic heterocycles. The van der Waals surface area contributed by atoms with Gasteiger partial charge in [0.2, 0.25) is 11.8 Å². The van der Waals surface area contributed by atoms with Crippen molar-refractivity contribution in [2.24, 2.45) is 0 Å². The first kappa shape index (κ1) is 20.2. The molecule has 1 aliphatic carbocycles. The molecule has 32 heavy (non-hydrogen) atoms. The molecule has 8 nitrogen and oxygen atoms in total. The van der Waals surface area contributed by atoms with Crippen LogP contribution in [-0.4, -0.2) is 40.7 Å². The fourth-order valence-corrected chi connectivity index (χ4v) is 4.28. The van der Waals surface area contributed by atoms with Crippen LogP contribution in [0.3, 0.4) is 0 Å². The van der Waals surface area contributed by atoms with E-state index in [1.54, 1.807) is 36.4 Å². The molecule has 164 valence electrons. The molecule has 0 bridgehead atoms. The Bertz CT molecular complexity index is 1120. The number of ether oxygens (including phenoxy) is 1. The van der Waals surface area contributed by atoms with E-state index in [4.69, 9.17) is 4.74 Å². The second-order valence-corrected chi connectivity index (χ2v) is 8.39. The van der Waals surface area contributed by atoms with Gasteiger partial charge in [0.05, 0.1) is 11.7 Å². The Morgan fingerprint density at radius 3 is 2.62 bits per heavy atom. The first-order chi connectivity index (χ1) is 15.5. The van der Waals surface area contributed by atoms with Crippen LogP contribution in [0.1, 0.15) is 58.4 Å². The fourth-order valence-electron chi connectivity index (χ4n) is 4.28. The molecule has 1 saturated carbocycles. The van der Waals surface area contributed by atoms with Crippen LogP contribution >= 0.6 is 0 Å². The summed E-state index contributed by atoms with van der Waals surface area (Å²) in [6, 6.07) is 11.6. The molecule has 2 heterocycles. The monoisotopic (exact) mass is 433 g/mol. The standard InChI is InChI=1S/C24H23N3O5/c28-21-11-10-19(23(30)26-21)27-13-14-12-15(8-9-17(14)24(27)31)25-22(29)18-6-1-2-7-20(18)32-16-4-3-5-16/h1-2,6-9,12,16,19H,3-5,10-11,13H2,(H,25,29)(H,26,28,30). The molecule has 2 aliphatic heterocycles. The highest BCUT2D eigenvalue weighted by Crippen LogP contribution is 2.31. The predicted molar refractivity (Wildman–Crippen MR) is 115 cm³/mol. The van der Waals surface area contributed by atoms with Crippen molar-refractivity contribution in [3.8, 4) is 5.75 Å². The summed E-state index contributed by atoms with van der Waals surface area (Å²) < 4.78 is 5.95. The van der Waals surface area contributed by atoms with E-state index in [-0.39, 0.29) is 36.8 Å². The summed E-state index contributed by atoms with van der Waals surface area (Å²) in [7, 11) is 0. The number of amides is 4. The molecule has 1 unspecified atom stereocenters. The Labute approximate surface area is 184 Å². The highest BCUT2D eigenvalue weighted by molar-refractivity contribution is 6.08. The third kappa shape index (κ3) is 3.72. The first-order valence-corrected chi connectivity index (χ1v) is 10.8. The van der Waals surface area contributed by atoms with Gasteiger partial charge >= 0.3 is 0 Å². The molecule has 8 heteroatoms. The number of para-hydroxylation sites is 1. The minimum atomic E-state index is -0.666. The zero-order valence-corrected chi connectivity index (χ0v) is 17.4. The highest BCUT2D eigenvalue weighted by atomic mass is 16.5. The van der Waals surface area contributed by atoms with Crippen LogP contribution in [0.15, 0.2) is 42.5 Å². The summed E-state index contributed by atoms with van der Waals surface area (Å²) in [6.45, 7) is 0.255. The van der Waals surface area contributed by atoms with Crippen molar-refractivity contribution in [2.75, 3.05) is 5.32 Å². The summed E-state index contributed by atoms with van der Waals surface area (Å²) in [5.74, 6) is -0.728. The van der Waals surface area contributed by atoms with Crippen LogP contribution in [0.4, 0.5) is 5.69 Å². The number of fused-ring (bicyclic) bond motifs is 1. The number of carbonyl (C=O) groups is 4. The van der Waals surface area contributed by atoms with Gasteiger partial charge in [0.15, 0.2) is 0 Å². The molecular weight excluding hydrogens is 410 g/mol. The summed E-state index contributed by atoms with van der Waals surface area (Å²) in [6.07, 6.45) is 3.82. The van der Waals surface area contributed by atoms with Crippen molar-refractivity contribution >= 4 is 29.3 Å². The van der Waals surface area contributed by atoms with Crippen molar-refractivity contribution in [1.82, 2.24) is 10.2 Å². The molecule has 5 rings (SSSR count). The largest absolute Gasteiger partial charge is 0.490 e. The number of hydrogen-bond acceptors (Lipinski definition) is 5. The number of imide groups is 1. The molecule has 4 amide bonds. The lowest BCUT2D eigenvalue weighted by Crippen LogP contribution is -2.52. The Hall–Kier alpha value is -3.68. The number of carbonyl (C=O) groups excluding carboxylic acids is 4. The van der Waals surface area contributed by atoms with Crippen molar-refractivity contribution in [3.05, 3.63) is 59.2 Å². The zero-order chi connectivity index (χ0) is 22.2. The van der Waals surface area contributed by atoms with Gasteiger partial charge in [-0.3, -0.25) is 24.5 Å². The van der Waals surface area contributed by atoms with E-state index in [9.17, 15) is 19.2 Å². The van der Waals surface area contributed by atoms with E-state index in [0.29, 0.717) is 29.0 Å². The van der Waals surface area contributed by atoms with Gasteiger partial charge in [-0.2, -0.15) is 0 Å². The minimum absolute atomic E-state index is 0.160. The Balaban J connectivity index is 1.31. The van der Waals surface area contributed by atoms with Crippen LogP contribution in [-0.2, 0) is 16.1 Å². The van der Waals surface area contributed by atoms with Gasteiger partial charge in [0.25, 0.3) is 11.8 Å². The molecule has 0 spiro atoms. The molecule has 0 radical (unpaired) electrons. The molecule has 3 aliphatic rings. The highest BCUT2D eigenvalue weighted by Gasteiger charge is 2.39. The third-order valence-electron chi connectivity index (χ3n) is 6.26. The van der Waals surface area contributed by atoms with Crippen LogP contribution in [0.25, 0.3) is 0 Å². The lowest BCUT2D eigenvalue weighted by molar-refractivity contribution is -0.136. The summed E-state index contributed by atoms with van der Waals surface area (Å²) in [5.41, 5.74) is 2.25. The van der Waals surface area contributed by atoms with Crippen molar-refractivity contribution in [3.63, 3.8) is 0 Å². The maximum Gasteiger partial charge on any atom is 0.259 e. The van der Waals surface area contributed by atoms with Gasteiger partial charge in [-0.05, 0) is 61.6 Å². The Kier molecular flexibility index (Phi) is 5.13. The number of nitrogens with one attached hydrogen (secondary N) is 2. The van der Waals surface area contributed by atoms with E-state index in [0.717, 1.165) is 24.8 Å². The summed E-state index contributed by atoms with van der Waals surface area (Å²) in [4.78, 5) is 50.8. The second-order valence-electron chi connectivity index (χ2n) is 8.39. The predicted octanol–water partition coefficient (Wildman–Crippen LogP) is 2.63. The first-order valence-electron chi connectivity index (χ1n) is 10.8. The summed E-state index contributed by atoms with van der Waals surface area (Å²) >= 11 is 0. The molecule has 2 aromatic rings. The van der Waals surface area contributed by atoms with Gasteiger partial charge < -0.3 is 15.0 Å². The average Bonchev–Trinajstić information content (AvgIpc) is 3.06. The molecule has 1 saturated heterocycles. The number of nitrogens with zero attached hydrogens (tertiary/aromatic N) is 1. The fraction of sp³-hybridized carbons (Fsp3) is 0.333. The SMILES string of the molecule is O=C1CCC(N2Cc3cc(NC(=O)c4ccccc4OC4CCC4)ccc3C2=O)C(=O)N1. The van der Waals surface area contributed by atoms with Crippen molar-refractivity contribution < 1.29 is 23.9 Å². The zero-order valence-electron chi connectivity index (χ0n) is 17.4. The van der Waals surface area contributed by atoms with E-state index in [2.05, 4.69) is 10.6 Å². The molecule has 2 aromatic carbocycles. The van der Waals surface area contributed by atoms with E-state index < -0.39 is 11.9 Å². The molecule has 1 atom stereocenters. The van der Waals surface area contributed by atoms with Gasteiger partial charge in [-0.15, -0.1) is 0 Å². The quantitative estimate of drug-likeness (QED) is 0.706. The topological polar surface area (TPSA) is 105 Å². The number of rotatable bonds is 5. The molecule has 2 fully saturated rings. The normalized spacial score (nSPS) is 20.4. The lowest BCUT2D eigenvalue weighted by atomic mass is 9.96. The van der Waals surface area contributed by atoms with Crippen molar-refractivity contribution in [1.29, 1.82) is 0 Å². The molecule has 2 N–H and O–H groups in total. The van der Waals surface area contributed by atoms with Crippen LogP contribution in [0, 0.1) is 0 Å². The maximum atomic E-state index is 12.9. The van der Waals surface area contributed by atoms with Gasteiger partial charge in [0.1, 0.15) is 11.8 Å². The van der Waals surface area contributed by atoms with Crippen LogP contribution in [0.2, 0.25) is 0 Å². The van der Waals surface area contributed by atoms with Gasteiger partial charge in [0, 0.05) is 24.2 Å². The Morgan fingerprint density at radius 2 is 1.88 bits per heavy atom. The minimum Gasteiger partial charge on any atom is -0.490 e. The summed E-state index contributed by atoms with van der Waals surface area (Å²) in [5, 5.41) is 5.18. The average molecular weight is 433 g/mol. The number of piperidine rings is 1. The maximum absolute atomic E-state index is 12.9. The van der Waals surface area contributed by atoms with Crippen LogP contribution in [0.5, 0.6) is 5.75 Å². The van der Waals surface area contributed by atoms with Gasteiger partial charge in [-0.1, -0.05) is 12.1 Å². The smallest absolute Gasteiger partial charge is 0.259 e. The second kappa shape index (κ2) is 8.11.